The summed E-state index contributed by atoms with van der Waals surface area (Å²) in [6.45, 7) is -2.49. The van der Waals surface area contributed by atoms with E-state index in [4.69, 9.17) is 16.4 Å². The van der Waals surface area contributed by atoms with Crippen molar-refractivity contribution in [3.8, 4) is 0 Å². The van der Waals surface area contributed by atoms with Gasteiger partial charge in [-0.2, -0.15) is 0 Å². The topological polar surface area (TPSA) is 149 Å². The van der Waals surface area contributed by atoms with Crippen molar-refractivity contribution in [2.75, 3.05) is 6.58 Å². The van der Waals surface area contributed by atoms with Crippen LogP contribution < -0.4 is 0 Å². The van der Waals surface area contributed by atoms with Crippen LogP contribution in [0, 0.1) is 0 Å². The number of aliphatic hydroxyl groups is 6. The van der Waals surface area contributed by atoms with Gasteiger partial charge in [0.2, 0.25) is 0 Å². The molecule has 2 rings (SSSR count). The van der Waals surface area contributed by atoms with E-state index in [-0.39, 0.29) is 0 Å². The summed E-state index contributed by atoms with van der Waals surface area (Å²) in [5.41, 5.74) is 0. The van der Waals surface area contributed by atoms with Crippen LogP contribution in [0.4, 0.5) is 0 Å². The van der Waals surface area contributed by atoms with Crippen molar-refractivity contribution >= 4 is 0 Å². The second-order valence-corrected chi connectivity index (χ2v) is 3.72. The molecule has 2 saturated heterocycles. The Kier molecular flexibility index (Phi) is 2.28. The van der Waals surface area contributed by atoms with Crippen LogP contribution in [0.15, 0.2) is 0 Å². The standard InChI is InChI=1S/C12H22O9/c1-2-5-7(15)8(16)10(18)12(20-5)21-11-9(17)6(14)4(13)3-19-11/h4-18H,2-3H2,1H3/t4-,5-,6+,7-,8?,9?,10?,11-,12-/m1/s1/i2D2,3D,4D,5D,6D,7D,8D,9D,10D,11D,12D/t3?,4-,5-,6+,7-,8?,9?,10?,11-,12-. The van der Waals surface area contributed by atoms with Crippen molar-refractivity contribution in [2.45, 2.75) is 68.4 Å². The van der Waals surface area contributed by atoms with Crippen molar-refractivity contribution in [3.05, 3.63) is 0 Å². The highest BCUT2D eigenvalue weighted by Gasteiger charge is 2.47. The number of ether oxygens (including phenoxy) is 3. The first kappa shape index (κ1) is 7.04. The highest BCUT2D eigenvalue weighted by molar-refractivity contribution is 4.90. The zero-order valence-corrected chi connectivity index (χ0v) is 10.5. The molecule has 10 atom stereocenters. The average molecular weight is 322 g/mol. The summed E-state index contributed by atoms with van der Waals surface area (Å²) in [6.07, 6.45) is -41.8. The molecule has 2 aliphatic rings. The number of rotatable bonds is 3. The molecule has 9 nitrogen and oxygen atoms in total. The number of hydrogen-bond donors (Lipinski definition) is 6. The van der Waals surface area contributed by atoms with E-state index < -0.39 is 68.0 Å². The highest BCUT2D eigenvalue weighted by Crippen LogP contribution is 2.27. The minimum Gasteiger partial charge on any atom is -0.388 e. The Balaban J connectivity index is 2.75. The maximum atomic E-state index is 10.4. The molecule has 124 valence electrons. The van der Waals surface area contributed by atoms with Crippen molar-refractivity contribution < 1.29 is 61.3 Å². The highest BCUT2D eigenvalue weighted by atomic mass is 16.8. The minimum absolute atomic E-state index is 0.446. The Morgan fingerprint density at radius 2 is 1.67 bits per heavy atom. The van der Waals surface area contributed by atoms with Gasteiger partial charge in [-0.25, -0.2) is 0 Å². The zero-order chi connectivity index (χ0) is 26.7. The Morgan fingerprint density at radius 3 is 2.29 bits per heavy atom. The van der Waals surface area contributed by atoms with Crippen LogP contribution in [-0.2, 0) is 14.2 Å². The summed E-state index contributed by atoms with van der Waals surface area (Å²) in [7, 11) is 0. The van der Waals surface area contributed by atoms with Gasteiger partial charge in [-0.1, -0.05) is 6.92 Å². The van der Waals surface area contributed by atoms with Crippen LogP contribution in [0.1, 0.15) is 29.7 Å². The fourth-order valence-electron chi connectivity index (χ4n) is 1.34. The van der Waals surface area contributed by atoms with E-state index in [1.165, 1.54) is 0 Å². The lowest BCUT2D eigenvalue weighted by atomic mass is 9.97. The summed E-state index contributed by atoms with van der Waals surface area (Å²) < 4.78 is 106. The van der Waals surface area contributed by atoms with Crippen LogP contribution in [-0.4, -0.2) is 92.3 Å². The normalized spacial score (nSPS) is 95.9. The van der Waals surface area contributed by atoms with E-state index in [9.17, 15) is 30.6 Å². The monoisotopic (exact) mass is 322 g/mol. The molecule has 2 fully saturated rings. The third-order valence-electron chi connectivity index (χ3n) is 2.40. The first-order valence-electron chi connectivity index (χ1n) is 11.5. The maximum absolute atomic E-state index is 10.4. The van der Waals surface area contributed by atoms with Crippen LogP contribution in [0.2, 0.25) is 0 Å². The third kappa shape index (κ3) is 3.36. The first-order chi connectivity index (χ1) is 14.0. The van der Waals surface area contributed by atoms with Crippen molar-refractivity contribution in [2.24, 2.45) is 0 Å². The lowest BCUT2D eigenvalue weighted by Crippen LogP contribution is -2.61. The molecular formula is C12H22O9. The van der Waals surface area contributed by atoms with Crippen molar-refractivity contribution in [1.29, 1.82) is 0 Å². The SMILES string of the molecule is [2H]C1O[C@]([2H])(O[C@@]2([2H])O[C@]([2H])(C([2H])([2H])C)[C@@]([2H])(O)C([2H])(O)C2([2H])O)C([2H])(O)[C@@]([2H])(O)[C@]1([2H])O. The van der Waals surface area contributed by atoms with Crippen LogP contribution >= 0.6 is 0 Å². The van der Waals surface area contributed by atoms with E-state index in [2.05, 4.69) is 14.2 Å². The van der Waals surface area contributed by atoms with Gasteiger partial charge in [0.15, 0.2) is 12.5 Å². The molecule has 0 aliphatic carbocycles. The predicted octanol–water partition coefficient (Wildman–Crippen LogP) is -3.34. The summed E-state index contributed by atoms with van der Waals surface area (Å²) in [4.78, 5) is 0. The van der Waals surface area contributed by atoms with Crippen LogP contribution in [0.25, 0.3) is 0 Å². The molecule has 2 heterocycles. The maximum Gasteiger partial charge on any atom is 0.189 e. The van der Waals surface area contributed by atoms with Gasteiger partial charge in [-0.15, -0.1) is 0 Å². The van der Waals surface area contributed by atoms with E-state index in [0.29, 0.717) is 6.92 Å². The molecule has 0 saturated carbocycles. The van der Waals surface area contributed by atoms with Gasteiger partial charge in [0, 0.05) is 2.74 Å². The van der Waals surface area contributed by atoms with E-state index in [0.717, 1.165) is 0 Å². The quantitative estimate of drug-likeness (QED) is 0.313. The molecule has 0 amide bonds. The molecule has 9 heteroatoms. The van der Waals surface area contributed by atoms with Crippen LogP contribution in [0.3, 0.4) is 0 Å². The Bertz CT molecular complexity index is 816. The Labute approximate surface area is 138 Å². The molecule has 2 aliphatic heterocycles. The largest absolute Gasteiger partial charge is 0.388 e. The fraction of sp³-hybridized carbons (Fsp3) is 1.00. The van der Waals surface area contributed by atoms with Crippen LogP contribution in [0.5, 0.6) is 0 Å². The Morgan fingerprint density at radius 1 is 1.05 bits per heavy atom. The van der Waals surface area contributed by atoms with Crippen molar-refractivity contribution in [1.82, 2.24) is 0 Å². The minimum atomic E-state index is -4.51. The summed E-state index contributed by atoms with van der Waals surface area (Å²) in [5, 5.41) is 60.9. The lowest BCUT2D eigenvalue weighted by Gasteiger charge is -2.43. The zero-order valence-electron chi connectivity index (χ0n) is 22.5. The molecule has 0 aromatic carbocycles. The van der Waals surface area contributed by atoms with Gasteiger partial charge in [0.05, 0.1) is 26.4 Å². The van der Waals surface area contributed by atoms with Crippen molar-refractivity contribution in [3.63, 3.8) is 0 Å². The molecule has 0 aromatic rings. The van der Waals surface area contributed by atoms with Gasteiger partial charge in [-0.05, 0) is 6.37 Å². The van der Waals surface area contributed by atoms with E-state index >= 15 is 0 Å². The predicted molar refractivity (Wildman–Crippen MR) is 65.8 cm³/mol. The third-order valence-corrected chi connectivity index (χ3v) is 2.40. The molecule has 6 N–H and O–H groups in total. The number of hydrogen-bond acceptors (Lipinski definition) is 9. The van der Waals surface area contributed by atoms with E-state index in [1.54, 1.807) is 0 Å². The fourth-order valence-corrected chi connectivity index (χ4v) is 1.34. The lowest BCUT2D eigenvalue weighted by molar-refractivity contribution is -0.363. The molecule has 4 unspecified atom stereocenters. The summed E-state index contributed by atoms with van der Waals surface area (Å²) in [6, 6.07) is 0. The molecule has 0 aromatic heterocycles. The summed E-state index contributed by atoms with van der Waals surface area (Å²) in [5.74, 6) is 0. The summed E-state index contributed by atoms with van der Waals surface area (Å²) >= 11 is 0. The molecule has 0 radical (unpaired) electrons. The molecular weight excluding hydrogens is 288 g/mol. The van der Waals surface area contributed by atoms with Gasteiger partial charge < -0.3 is 44.8 Å². The average Bonchev–Trinajstić information content (AvgIpc) is 2.57. The van der Waals surface area contributed by atoms with E-state index in [1.807, 2.05) is 0 Å². The smallest absolute Gasteiger partial charge is 0.189 e. The van der Waals surface area contributed by atoms with Gasteiger partial charge in [0.25, 0.3) is 0 Å². The first-order valence-corrected chi connectivity index (χ1v) is 5.39. The van der Waals surface area contributed by atoms with Gasteiger partial charge >= 0.3 is 0 Å². The second-order valence-electron chi connectivity index (χ2n) is 3.72. The molecule has 21 heavy (non-hydrogen) atoms. The van der Waals surface area contributed by atoms with Gasteiger partial charge in [0.1, 0.15) is 36.5 Å². The van der Waals surface area contributed by atoms with Gasteiger partial charge in [-0.3, -0.25) is 0 Å². The second kappa shape index (κ2) is 6.82. The Hall–Kier alpha value is -0.360. The molecule has 0 bridgehead atoms. The molecule has 0 spiro atoms.